The predicted octanol–water partition coefficient (Wildman–Crippen LogP) is 4.30. The van der Waals surface area contributed by atoms with E-state index in [2.05, 4.69) is 36.9 Å². The van der Waals surface area contributed by atoms with Crippen molar-refractivity contribution in [1.82, 2.24) is 29.9 Å². The summed E-state index contributed by atoms with van der Waals surface area (Å²) >= 11 is 6.47. The molecule has 37 heavy (non-hydrogen) atoms. The third-order valence-electron chi connectivity index (χ3n) is 6.45. The normalized spacial score (nSPS) is 14.3. The van der Waals surface area contributed by atoms with Crippen LogP contribution in [0.2, 0.25) is 5.02 Å². The highest BCUT2D eigenvalue weighted by Gasteiger charge is 2.22. The average molecular weight is 526 g/mol. The molecule has 3 N–H and O–H groups in total. The van der Waals surface area contributed by atoms with E-state index in [0.29, 0.717) is 35.8 Å². The summed E-state index contributed by atoms with van der Waals surface area (Å²) in [6, 6.07) is 8.14. The summed E-state index contributed by atoms with van der Waals surface area (Å²) < 4.78 is 12.8. The maximum atomic E-state index is 6.47. The fraction of sp³-hybridized carbons (Fsp3) is 0.440. The van der Waals surface area contributed by atoms with Crippen molar-refractivity contribution in [2.24, 2.45) is 0 Å². The minimum absolute atomic E-state index is 0.232. The van der Waals surface area contributed by atoms with Gasteiger partial charge in [-0.1, -0.05) is 17.7 Å². The van der Waals surface area contributed by atoms with Gasteiger partial charge in [0.05, 0.1) is 34.9 Å². The molecule has 0 atom stereocenters. The van der Waals surface area contributed by atoms with Crippen LogP contribution in [0.5, 0.6) is 0 Å². The first-order valence-corrected chi connectivity index (χ1v) is 12.7. The number of benzene rings is 1. The van der Waals surface area contributed by atoms with Crippen molar-refractivity contribution in [2.75, 3.05) is 56.1 Å². The fourth-order valence-corrected chi connectivity index (χ4v) is 4.65. The fourth-order valence-electron chi connectivity index (χ4n) is 4.39. The van der Waals surface area contributed by atoms with Gasteiger partial charge >= 0.3 is 0 Å². The smallest absolute Gasteiger partial charge is 0.227 e. The lowest BCUT2D eigenvalue weighted by Gasteiger charge is -2.23. The highest BCUT2D eigenvalue weighted by atomic mass is 35.5. The van der Waals surface area contributed by atoms with Crippen molar-refractivity contribution in [1.29, 1.82) is 0 Å². The number of H-pyrrole nitrogens is 1. The van der Waals surface area contributed by atoms with Gasteiger partial charge in [0.15, 0.2) is 11.5 Å². The van der Waals surface area contributed by atoms with E-state index in [9.17, 15) is 0 Å². The van der Waals surface area contributed by atoms with E-state index >= 15 is 0 Å². The maximum Gasteiger partial charge on any atom is 0.227 e. The van der Waals surface area contributed by atoms with Gasteiger partial charge in [-0.05, 0) is 37.5 Å². The summed E-state index contributed by atoms with van der Waals surface area (Å²) in [5.41, 5.74) is 3.74. The molecule has 1 fully saturated rings. The van der Waals surface area contributed by atoms with Gasteiger partial charge in [0.2, 0.25) is 5.95 Å². The van der Waals surface area contributed by atoms with Crippen LogP contribution in [0.4, 0.5) is 23.3 Å². The molecule has 196 valence electrons. The molecule has 11 nitrogen and oxygen atoms in total. The zero-order valence-electron chi connectivity index (χ0n) is 21.3. The molecule has 0 bridgehead atoms. The molecule has 0 saturated carbocycles. The summed E-state index contributed by atoms with van der Waals surface area (Å²) in [5.74, 6) is 1.83. The number of rotatable bonds is 10. The lowest BCUT2D eigenvalue weighted by atomic mass is 10.1. The van der Waals surface area contributed by atoms with E-state index in [4.69, 9.17) is 31.0 Å². The number of aryl methyl sites for hydroxylation is 1. The van der Waals surface area contributed by atoms with Crippen LogP contribution < -0.4 is 15.5 Å². The molecule has 4 heterocycles. The Morgan fingerprint density at radius 2 is 2.08 bits per heavy atom. The lowest BCUT2D eigenvalue weighted by molar-refractivity contribution is 0.0673. The van der Waals surface area contributed by atoms with Gasteiger partial charge in [-0.2, -0.15) is 20.2 Å². The van der Waals surface area contributed by atoms with Crippen LogP contribution in [-0.2, 0) is 16.0 Å². The zero-order chi connectivity index (χ0) is 25.8. The molecule has 1 aliphatic heterocycles. The molecule has 1 saturated heterocycles. The summed E-state index contributed by atoms with van der Waals surface area (Å²) in [7, 11) is 3.69. The van der Waals surface area contributed by atoms with Crippen molar-refractivity contribution in [2.45, 2.75) is 32.4 Å². The van der Waals surface area contributed by atoms with Gasteiger partial charge in [-0.15, -0.1) is 0 Å². The second-order valence-corrected chi connectivity index (χ2v) is 9.59. The van der Waals surface area contributed by atoms with Crippen LogP contribution in [0.25, 0.3) is 11.0 Å². The number of aromatic nitrogens is 6. The number of likely N-dealkylation sites (N-methyl/N-ethyl adjacent to an activating group) is 1. The quantitative estimate of drug-likeness (QED) is 0.278. The standard InChI is InChI=1S/C25H32ClN9O2/c1-16-12-22(33-32-16)29-23-19-15-28-35(18-6-9-37-10-7-18)24(19)31-25(30-23)27-14-17-4-5-20(26)21(13-17)34(2)8-11-36-3/h4-5,12-13,15,18H,6-11,14H2,1-3H3,(H3,27,29,30,31,32,33). The SMILES string of the molecule is COCCN(C)c1cc(CNc2nc(Nc3cc(C)[nH]n3)c3cnn(C4CCOCC4)c3n2)ccc1Cl. The number of aromatic amines is 1. The summed E-state index contributed by atoms with van der Waals surface area (Å²) in [6.07, 6.45) is 3.61. The summed E-state index contributed by atoms with van der Waals surface area (Å²) in [4.78, 5) is 11.7. The number of halogens is 1. The number of anilines is 4. The van der Waals surface area contributed by atoms with Gasteiger partial charge < -0.3 is 25.0 Å². The van der Waals surface area contributed by atoms with E-state index < -0.39 is 0 Å². The Labute approximate surface area is 220 Å². The van der Waals surface area contributed by atoms with Crippen molar-refractivity contribution in [3.8, 4) is 0 Å². The first kappa shape index (κ1) is 25.2. The molecule has 5 rings (SSSR count). The molecule has 0 unspecified atom stereocenters. The molecule has 0 spiro atoms. The van der Waals surface area contributed by atoms with Crippen LogP contribution in [0.1, 0.15) is 30.1 Å². The largest absolute Gasteiger partial charge is 0.383 e. The van der Waals surface area contributed by atoms with E-state index in [1.54, 1.807) is 7.11 Å². The van der Waals surface area contributed by atoms with Crippen LogP contribution in [0.15, 0.2) is 30.5 Å². The monoisotopic (exact) mass is 525 g/mol. The van der Waals surface area contributed by atoms with E-state index in [0.717, 1.165) is 60.6 Å². The number of nitrogens with one attached hydrogen (secondary N) is 3. The first-order valence-electron chi connectivity index (χ1n) is 12.4. The Bertz CT molecular complexity index is 1350. The van der Waals surface area contributed by atoms with Gasteiger partial charge in [-0.25, -0.2) is 4.68 Å². The van der Waals surface area contributed by atoms with E-state index in [1.807, 2.05) is 43.0 Å². The van der Waals surface area contributed by atoms with Crippen LogP contribution in [-0.4, -0.2) is 70.5 Å². The topological polar surface area (TPSA) is 118 Å². The molecule has 0 radical (unpaired) electrons. The Hall–Kier alpha value is -3.41. The molecule has 12 heteroatoms. The number of hydrogen-bond acceptors (Lipinski definition) is 9. The van der Waals surface area contributed by atoms with Crippen LogP contribution in [0.3, 0.4) is 0 Å². The highest BCUT2D eigenvalue weighted by Crippen LogP contribution is 2.30. The van der Waals surface area contributed by atoms with Crippen LogP contribution in [0, 0.1) is 6.92 Å². The summed E-state index contributed by atoms with van der Waals surface area (Å²) in [6.45, 7) is 5.28. The molecule has 4 aromatic rings. The number of methoxy groups -OCH3 is 1. The Morgan fingerprint density at radius 1 is 1.24 bits per heavy atom. The molecular formula is C25H32ClN9O2. The van der Waals surface area contributed by atoms with Crippen molar-refractivity contribution < 1.29 is 9.47 Å². The minimum atomic E-state index is 0.232. The van der Waals surface area contributed by atoms with E-state index in [-0.39, 0.29) is 6.04 Å². The average Bonchev–Trinajstić information content (AvgIpc) is 3.53. The number of ether oxygens (including phenoxy) is 2. The van der Waals surface area contributed by atoms with Crippen molar-refractivity contribution in [3.05, 3.63) is 46.7 Å². The Kier molecular flexibility index (Phi) is 7.73. The second-order valence-electron chi connectivity index (χ2n) is 9.18. The molecule has 1 aromatic carbocycles. The highest BCUT2D eigenvalue weighted by molar-refractivity contribution is 6.33. The lowest BCUT2D eigenvalue weighted by Crippen LogP contribution is -2.22. The maximum absolute atomic E-state index is 6.47. The van der Waals surface area contributed by atoms with Crippen molar-refractivity contribution >= 4 is 45.9 Å². The second kappa shape index (κ2) is 11.3. The number of nitrogens with zero attached hydrogens (tertiary/aromatic N) is 6. The molecule has 1 aliphatic rings. The van der Waals surface area contributed by atoms with Crippen molar-refractivity contribution in [3.63, 3.8) is 0 Å². The number of fused-ring (bicyclic) bond motifs is 1. The van der Waals surface area contributed by atoms with Crippen LogP contribution >= 0.6 is 11.6 Å². The number of hydrogen-bond donors (Lipinski definition) is 3. The molecule has 0 aliphatic carbocycles. The van der Waals surface area contributed by atoms with Gasteiger partial charge in [-0.3, -0.25) is 5.10 Å². The van der Waals surface area contributed by atoms with Gasteiger partial charge in [0.1, 0.15) is 5.82 Å². The third kappa shape index (κ3) is 5.79. The van der Waals surface area contributed by atoms with E-state index in [1.165, 1.54) is 0 Å². The minimum Gasteiger partial charge on any atom is -0.383 e. The van der Waals surface area contributed by atoms with Gasteiger partial charge in [0, 0.05) is 52.2 Å². The summed E-state index contributed by atoms with van der Waals surface area (Å²) in [5, 5.41) is 20.2. The third-order valence-corrected chi connectivity index (χ3v) is 6.77. The zero-order valence-corrected chi connectivity index (χ0v) is 22.0. The first-order chi connectivity index (χ1) is 18.0. The Morgan fingerprint density at radius 3 is 2.84 bits per heavy atom. The molecular weight excluding hydrogens is 494 g/mol. The Balaban J connectivity index is 1.43. The molecule has 0 amide bonds. The van der Waals surface area contributed by atoms with Gasteiger partial charge in [0.25, 0.3) is 0 Å². The molecule has 3 aromatic heterocycles. The predicted molar refractivity (Wildman–Crippen MR) is 145 cm³/mol.